The van der Waals surface area contributed by atoms with E-state index in [0.29, 0.717) is 0 Å². The molecule has 0 unspecified atom stereocenters. The summed E-state index contributed by atoms with van der Waals surface area (Å²) in [5.41, 5.74) is 0. The molecule has 0 radical (unpaired) electrons. The van der Waals surface area contributed by atoms with Gasteiger partial charge in [0.25, 0.3) is 0 Å². The molecular formula is C16H22N2S2. The second kappa shape index (κ2) is 10.7. The van der Waals surface area contributed by atoms with Gasteiger partial charge in [-0.2, -0.15) is 0 Å². The molecule has 0 aliphatic rings. The van der Waals surface area contributed by atoms with Crippen molar-refractivity contribution >= 4 is 27.8 Å². The van der Waals surface area contributed by atoms with Crippen LogP contribution in [0, 0.1) is 11.3 Å². The Morgan fingerprint density at radius 1 is 1.35 bits per heavy atom. The Hall–Kier alpha value is -1.00. The SMILES string of the molecule is CC(C)CCC/C(=C\C=C/C=N)SSc1ccccn1. The van der Waals surface area contributed by atoms with Gasteiger partial charge in [-0.3, -0.25) is 0 Å². The van der Waals surface area contributed by atoms with Crippen molar-refractivity contribution in [1.29, 1.82) is 5.41 Å². The van der Waals surface area contributed by atoms with Crippen LogP contribution in [0.25, 0.3) is 0 Å². The molecule has 1 heterocycles. The molecule has 0 bridgehead atoms. The first-order chi connectivity index (χ1) is 9.72. The highest BCUT2D eigenvalue weighted by atomic mass is 33.1. The Morgan fingerprint density at radius 3 is 2.85 bits per heavy atom. The number of hydrogen-bond acceptors (Lipinski definition) is 4. The number of allylic oxidation sites excluding steroid dienone is 4. The minimum Gasteiger partial charge on any atom is -0.309 e. The maximum absolute atomic E-state index is 7.01. The fraction of sp³-hybridized carbons (Fsp3) is 0.375. The maximum Gasteiger partial charge on any atom is 0.107 e. The van der Waals surface area contributed by atoms with E-state index in [1.54, 1.807) is 27.7 Å². The summed E-state index contributed by atoms with van der Waals surface area (Å²) in [5.74, 6) is 0.752. The van der Waals surface area contributed by atoms with Crippen LogP contribution in [0.2, 0.25) is 0 Å². The first-order valence-corrected chi connectivity index (χ1v) is 8.99. The van der Waals surface area contributed by atoms with Crippen molar-refractivity contribution in [2.45, 2.75) is 38.1 Å². The van der Waals surface area contributed by atoms with Crippen molar-refractivity contribution in [1.82, 2.24) is 4.98 Å². The van der Waals surface area contributed by atoms with Crippen molar-refractivity contribution in [3.63, 3.8) is 0 Å². The van der Waals surface area contributed by atoms with Gasteiger partial charge < -0.3 is 5.41 Å². The summed E-state index contributed by atoms with van der Waals surface area (Å²) < 4.78 is 0. The monoisotopic (exact) mass is 306 g/mol. The Bertz CT molecular complexity index is 439. The molecule has 4 heteroatoms. The molecule has 2 nitrogen and oxygen atoms in total. The third-order valence-electron chi connectivity index (χ3n) is 2.57. The van der Waals surface area contributed by atoms with Crippen molar-refractivity contribution in [2.75, 3.05) is 0 Å². The number of pyridine rings is 1. The van der Waals surface area contributed by atoms with Crippen molar-refractivity contribution < 1.29 is 0 Å². The lowest BCUT2D eigenvalue weighted by atomic mass is 10.1. The minimum absolute atomic E-state index is 0.752. The third-order valence-corrected chi connectivity index (χ3v) is 5.02. The van der Waals surface area contributed by atoms with E-state index < -0.39 is 0 Å². The molecule has 108 valence electrons. The summed E-state index contributed by atoms with van der Waals surface area (Å²) in [6.45, 7) is 4.52. The van der Waals surface area contributed by atoms with Crippen LogP contribution in [-0.4, -0.2) is 11.2 Å². The van der Waals surface area contributed by atoms with E-state index in [-0.39, 0.29) is 0 Å². The first kappa shape index (κ1) is 17.1. The van der Waals surface area contributed by atoms with Gasteiger partial charge >= 0.3 is 0 Å². The van der Waals surface area contributed by atoms with Crippen LogP contribution in [0.15, 0.2) is 52.6 Å². The van der Waals surface area contributed by atoms with E-state index in [2.05, 4.69) is 24.9 Å². The van der Waals surface area contributed by atoms with E-state index in [9.17, 15) is 0 Å². The molecule has 0 aliphatic carbocycles. The Labute approximate surface area is 130 Å². The highest BCUT2D eigenvalue weighted by Crippen LogP contribution is 2.38. The van der Waals surface area contributed by atoms with Crippen LogP contribution >= 0.6 is 21.6 Å². The number of nitrogens with zero attached hydrogens (tertiary/aromatic N) is 1. The zero-order valence-corrected chi connectivity index (χ0v) is 13.7. The lowest BCUT2D eigenvalue weighted by Crippen LogP contribution is -1.87. The van der Waals surface area contributed by atoms with Gasteiger partial charge in [0, 0.05) is 12.4 Å². The standard InChI is InChI=1S/C16H22N2S2/c1-14(2)8-7-10-15(9-3-5-12-17)19-20-16-11-4-6-13-18-16/h3-6,9,11-14,17H,7-8,10H2,1-2H3/b5-3-,15-9+,17-12?. The highest BCUT2D eigenvalue weighted by molar-refractivity contribution is 8.78. The van der Waals surface area contributed by atoms with Crippen LogP contribution in [0.4, 0.5) is 0 Å². The second-order valence-electron chi connectivity index (χ2n) is 4.81. The largest absolute Gasteiger partial charge is 0.309 e. The molecule has 0 saturated heterocycles. The van der Waals surface area contributed by atoms with Gasteiger partial charge in [-0.25, -0.2) is 4.98 Å². The fourth-order valence-corrected chi connectivity index (χ4v) is 3.63. The summed E-state index contributed by atoms with van der Waals surface area (Å²) in [7, 11) is 3.46. The van der Waals surface area contributed by atoms with E-state index >= 15 is 0 Å². The zero-order valence-electron chi connectivity index (χ0n) is 12.1. The van der Waals surface area contributed by atoms with Gasteiger partial charge in [-0.1, -0.05) is 49.3 Å². The smallest absolute Gasteiger partial charge is 0.107 e. The quantitative estimate of drug-likeness (QED) is 0.359. The van der Waals surface area contributed by atoms with Gasteiger partial charge in [0.05, 0.1) is 0 Å². The average molecular weight is 307 g/mol. The molecule has 0 aromatic carbocycles. The van der Waals surface area contributed by atoms with Gasteiger partial charge in [-0.15, -0.1) is 0 Å². The van der Waals surface area contributed by atoms with E-state index in [1.807, 2.05) is 30.5 Å². The molecule has 20 heavy (non-hydrogen) atoms. The molecule has 0 amide bonds. The Morgan fingerprint density at radius 2 is 2.20 bits per heavy atom. The van der Waals surface area contributed by atoms with Gasteiger partial charge in [0.1, 0.15) is 5.03 Å². The summed E-state index contributed by atoms with van der Waals surface area (Å²) in [6.07, 6.45) is 12.5. The lowest BCUT2D eigenvalue weighted by Gasteiger charge is -2.07. The molecule has 1 N–H and O–H groups in total. The molecule has 0 saturated carbocycles. The van der Waals surface area contributed by atoms with E-state index in [0.717, 1.165) is 17.4 Å². The van der Waals surface area contributed by atoms with Crippen LogP contribution < -0.4 is 0 Å². The summed E-state index contributed by atoms with van der Waals surface area (Å²) in [4.78, 5) is 5.65. The Balaban J connectivity index is 2.51. The number of nitrogens with one attached hydrogen (secondary N) is 1. The van der Waals surface area contributed by atoms with Crippen LogP contribution in [0.1, 0.15) is 33.1 Å². The second-order valence-corrected chi connectivity index (χ2v) is 7.08. The Kier molecular flexibility index (Phi) is 9.16. The van der Waals surface area contributed by atoms with Crippen molar-refractivity contribution in [3.05, 3.63) is 47.5 Å². The van der Waals surface area contributed by atoms with Gasteiger partial charge in [-0.05, 0) is 52.7 Å². The normalized spacial score (nSPS) is 12.2. The molecule has 1 aromatic rings. The van der Waals surface area contributed by atoms with E-state index in [4.69, 9.17) is 5.41 Å². The van der Waals surface area contributed by atoms with Gasteiger partial charge in [0.15, 0.2) is 0 Å². The van der Waals surface area contributed by atoms with Crippen LogP contribution in [0.5, 0.6) is 0 Å². The number of hydrogen-bond donors (Lipinski definition) is 1. The van der Waals surface area contributed by atoms with Crippen LogP contribution in [0.3, 0.4) is 0 Å². The van der Waals surface area contributed by atoms with Crippen molar-refractivity contribution in [3.8, 4) is 0 Å². The first-order valence-electron chi connectivity index (χ1n) is 6.84. The predicted octanol–water partition coefficient (Wildman–Crippen LogP) is 5.74. The molecule has 0 fully saturated rings. The number of aromatic nitrogens is 1. The topological polar surface area (TPSA) is 36.7 Å². The zero-order chi connectivity index (χ0) is 14.6. The molecule has 1 rings (SSSR count). The van der Waals surface area contributed by atoms with Gasteiger partial charge in [0.2, 0.25) is 0 Å². The summed E-state index contributed by atoms with van der Waals surface area (Å²) >= 11 is 0. The third kappa shape index (κ3) is 8.23. The summed E-state index contributed by atoms with van der Waals surface area (Å²) in [6, 6.07) is 5.96. The predicted molar refractivity (Wildman–Crippen MR) is 92.4 cm³/mol. The molecule has 0 aliphatic heterocycles. The van der Waals surface area contributed by atoms with Crippen molar-refractivity contribution in [2.24, 2.45) is 5.92 Å². The molecule has 1 aromatic heterocycles. The van der Waals surface area contributed by atoms with Crippen LogP contribution in [-0.2, 0) is 0 Å². The molecule has 0 atom stereocenters. The minimum atomic E-state index is 0.752. The number of rotatable bonds is 9. The average Bonchev–Trinajstić information content (AvgIpc) is 2.45. The highest BCUT2D eigenvalue weighted by Gasteiger charge is 2.02. The summed E-state index contributed by atoms with van der Waals surface area (Å²) in [5, 5.41) is 8.05. The van der Waals surface area contributed by atoms with E-state index in [1.165, 1.54) is 24.0 Å². The lowest BCUT2D eigenvalue weighted by molar-refractivity contribution is 0.558. The fourth-order valence-electron chi connectivity index (χ4n) is 1.55. The maximum atomic E-state index is 7.01. The molecular weight excluding hydrogens is 284 g/mol. The molecule has 0 spiro atoms.